The van der Waals surface area contributed by atoms with Crippen LogP contribution in [0.5, 0.6) is 5.75 Å². The molecule has 0 atom stereocenters. The predicted molar refractivity (Wildman–Crippen MR) is 112 cm³/mol. The van der Waals surface area contributed by atoms with Crippen LogP contribution in [0.4, 0.5) is 18.9 Å². The van der Waals surface area contributed by atoms with Crippen molar-refractivity contribution in [1.29, 1.82) is 0 Å². The van der Waals surface area contributed by atoms with Gasteiger partial charge in [0.25, 0.3) is 0 Å². The zero-order chi connectivity index (χ0) is 22.6. The Morgan fingerprint density at radius 3 is 2.65 bits per heavy atom. The highest BCUT2D eigenvalue weighted by Gasteiger charge is 2.30. The normalized spacial score (nSPS) is 11.4. The maximum atomic E-state index is 12.8. The number of rotatable bonds is 7. The summed E-state index contributed by atoms with van der Waals surface area (Å²) < 4.78 is 45.9. The summed E-state index contributed by atoms with van der Waals surface area (Å²) in [6.07, 6.45) is -4.47. The molecule has 1 aromatic heterocycles. The van der Waals surface area contributed by atoms with Crippen molar-refractivity contribution in [1.82, 2.24) is 14.8 Å². The highest BCUT2D eigenvalue weighted by molar-refractivity contribution is 7.99. The number of hydrogen-bond donors (Lipinski definition) is 1. The number of aromatic nitrogens is 3. The molecule has 0 unspecified atom stereocenters. The molecule has 3 aromatic rings. The number of carbonyl (C=O) groups excluding carboxylic acids is 1. The number of hydrogen-bond acceptors (Lipinski definition) is 5. The third-order valence-corrected chi connectivity index (χ3v) is 5.44. The van der Waals surface area contributed by atoms with Crippen LogP contribution in [0.15, 0.2) is 47.6 Å². The lowest BCUT2D eigenvalue weighted by molar-refractivity contribution is -0.137. The van der Waals surface area contributed by atoms with E-state index in [2.05, 4.69) is 15.5 Å². The molecule has 0 aliphatic heterocycles. The first kappa shape index (κ1) is 22.7. The Morgan fingerprint density at radius 1 is 1.16 bits per heavy atom. The second-order valence-electron chi connectivity index (χ2n) is 6.93. The number of benzene rings is 2. The summed E-state index contributed by atoms with van der Waals surface area (Å²) in [5.74, 6) is 0.865. The van der Waals surface area contributed by atoms with E-state index in [0.717, 1.165) is 40.8 Å². The van der Waals surface area contributed by atoms with Crippen LogP contribution >= 0.6 is 11.8 Å². The first-order chi connectivity index (χ1) is 14.6. The van der Waals surface area contributed by atoms with E-state index in [0.29, 0.717) is 11.0 Å². The van der Waals surface area contributed by atoms with E-state index in [1.165, 1.54) is 12.1 Å². The molecular formula is C21H21F3N4O2S. The SMILES string of the molecule is Cc1ccc(OCc2nnc(SCC(=O)Nc3cccc(C(F)(F)F)c3)n2C)c(C)c1. The first-order valence-electron chi connectivity index (χ1n) is 9.31. The molecule has 1 amide bonds. The average Bonchev–Trinajstić information content (AvgIpc) is 3.05. The van der Waals surface area contributed by atoms with Gasteiger partial charge in [-0.2, -0.15) is 13.2 Å². The van der Waals surface area contributed by atoms with E-state index in [1.54, 1.807) is 11.6 Å². The molecule has 6 nitrogen and oxygen atoms in total. The summed E-state index contributed by atoms with van der Waals surface area (Å²) in [6, 6.07) is 10.4. The largest absolute Gasteiger partial charge is 0.485 e. The number of nitrogens with zero attached hydrogens (tertiary/aromatic N) is 3. The highest BCUT2D eigenvalue weighted by Crippen LogP contribution is 2.30. The molecule has 2 aromatic carbocycles. The summed E-state index contributed by atoms with van der Waals surface area (Å²) >= 11 is 1.13. The van der Waals surface area contributed by atoms with Crippen LogP contribution in [0.2, 0.25) is 0 Å². The van der Waals surface area contributed by atoms with Crippen molar-refractivity contribution < 1.29 is 22.7 Å². The minimum Gasteiger partial charge on any atom is -0.485 e. The van der Waals surface area contributed by atoms with Gasteiger partial charge in [-0.3, -0.25) is 4.79 Å². The van der Waals surface area contributed by atoms with Crippen LogP contribution in [-0.4, -0.2) is 26.4 Å². The molecule has 0 bridgehead atoms. The fourth-order valence-electron chi connectivity index (χ4n) is 2.80. The third-order valence-electron chi connectivity index (χ3n) is 4.42. The highest BCUT2D eigenvalue weighted by atomic mass is 32.2. The Labute approximate surface area is 181 Å². The lowest BCUT2D eigenvalue weighted by Crippen LogP contribution is -2.15. The van der Waals surface area contributed by atoms with Gasteiger partial charge in [-0.1, -0.05) is 35.5 Å². The minimum absolute atomic E-state index is 0.0276. The number of alkyl halides is 3. The van der Waals surface area contributed by atoms with E-state index >= 15 is 0 Å². The zero-order valence-electron chi connectivity index (χ0n) is 17.2. The van der Waals surface area contributed by atoms with Crippen molar-refractivity contribution in [2.24, 2.45) is 7.05 Å². The Hall–Kier alpha value is -3.01. The van der Waals surface area contributed by atoms with Gasteiger partial charge in [0.1, 0.15) is 12.4 Å². The first-order valence-corrected chi connectivity index (χ1v) is 10.3. The molecule has 31 heavy (non-hydrogen) atoms. The van der Waals surface area contributed by atoms with Gasteiger partial charge in [-0.05, 0) is 43.7 Å². The Kier molecular flexibility index (Phi) is 6.89. The lowest BCUT2D eigenvalue weighted by atomic mass is 10.1. The molecule has 1 N–H and O–H groups in total. The van der Waals surface area contributed by atoms with Gasteiger partial charge in [0, 0.05) is 12.7 Å². The summed E-state index contributed by atoms with van der Waals surface area (Å²) in [6.45, 7) is 4.18. The zero-order valence-corrected chi connectivity index (χ0v) is 18.0. The summed E-state index contributed by atoms with van der Waals surface area (Å²) in [7, 11) is 1.76. The summed E-state index contributed by atoms with van der Waals surface area (Å²) in [4.78, 5) is 12.1. The standard InChI is InChI=1S/C21H21F3N4O2S/c1-13-7-8-17(14(2)9-13)30-11-18-26-27-20(28(18)3)31-12-19(29)25-16-6-4-5-15(10-16)21(22,23)24/h4-10H,11-12H2,1-3H3,(H,25,29). The van der Waals surface area contributed by atoms with Crippen molar-refractivity contribution in [3.05, 3.63) is 65.0 Å². The van der Waals surface area contributed by atoms with Crippen LogP contribution < -0.4 is 10.1 Å². The Bertz CT molecular complexity index is 1080. The van der Waals surface area contributed by atoms with Crippen LogP contribution in [0.25, 0.3) is 0 Å². The predicted octanol–water partition coefficient (Wildman–Crippen LogP) is 4.76. The van der Waals surface area contributed by atoms with E-state index in [9.17, 15) is 18.0 Å². The number of thioether (sulfide) groups is 1. The van der Waals surface area contributed by atoms with Crippen LogP contribution in [0.3, 0.4) is 0 Å². The fraction of sp³-hybridized carbons (Fsp3) is 0.286. The molecule has 0 fully saturated rings. The van der Waals surface area contributed by atoms with Crippen LogP contribution in [0, 0.1) is 13.8 Å². The van der Waals surface area contributed by atoms with Crippen molar-refractivity contribution in [2.75, 3.05) is 11.1 Å². The van der Waals surface area contributed by atoms with Crippen LogP contribution in [0.1, 0.15) is 22.5 Å². The third kappa shape index (κ3) is 6.00. The summed E-state index contributed by atoms with van der Waals surface area (Å²) in [5, 5.41) is 11.1. The molecule has 1 heterocycles. The number of ether oxygens (including phenoxy) is 1. The fourth-order valence-corrected chi connectivity index (χ4v) is 3.53. The molecule has 0 radical (unpaired) electrons. The smallest absolute Gasteiger partial charge is 0.416 e. The molecule has 0 saturated heterocycles. The molecule has 10 heteroatoms. The number of amides is 1. The monoisotopic (exact) mass is 450 g/mol. The number of nitrogens with one attached hydrogen (secondary N) is 1. The van der Waals surface area contributed by atoms with Gasteiger partial charge in [0.15, 0.2) is 11.0 Å². The van der Waals surface area contributed by atoms with E-state index in [1.807, 2.05) is 32.0 Å². The van der Waals surface area contributed by atoms with Crippen molar-refractivity contribution in [3.8, 4) is 5.75 Å². The number of anilines is 1. The Morgan fingerprint density at radius 2 is 1.94 bits per heavy atom. The Balaban J connectivity index is 1.55. The van der Waals surface area contributed by atoms with E-state index in [4.69, 9.17) is 4.74 Å². The van der Waals surface area contributed by atoms with Gasteiger partial charge in [0.05, 0.1) is 11.3 Å². The van der Waals surface area contributed by atoms with Gasteiger partial charge < -0.3 is 14.6 Å². The maximum absolute atomic E-state index is 12.8. The number of carbonyl (C=O) groups is 1. The molecule has 0 saturated carbocycles. The maximum Gasteiger partial charge on any atom is 0.416 e. The lowest BCUT2D eigenvalue weighted by Gasteiger charge is -2.10. The van der Waals surface area contributed by atoms with Crippen molar-refractivity contribution in [2.45, 2.75) is 31.8 Å². The molecule has 0 aliphatic rings. The molecular weight excluding hydrogens is 429 g/mol. The molecule has 0 spiro atoms. The summed E-state index contributed by atoms with van der Waals surface area (Å²) in [5.41, 5.74) is 1.43. The second-order valence-corrected chi connectivity index (χ2v) is 7.87. The second kappa shape index (κ2) is 9.42. The average molecular weight is 450 g/mol. The van der Waals surface area contributed by atoms with Gasteiger partial charge >= 0.3 is 6.18 Å². The van der Waals surface area contributed by atoms with Gasteiger partial charge in [-0.25, -0.2) is 0 Å². The van der Waals surface area contributed by atoms with Gasteiger partial charge in [0.2, 0.25) is 5.91 Å². The van der Waals surface area contributed by atoms with E-state index < -0.39 is 17.6 Å². The molecule has 0 aliphatic carbocycles. The van der Waals surface area contributed by atoms with Crippen LogP contribution in [-0.2, 0) is 24.6 Å². The molecule has 3 rings (SSSR count). The number of halogens is 3. The number of aryl methyl sites for hydroxylation is 2. The van der Waals surface area contributed by atoms with E-state index in [-0.39, 0.29) is 18.0 Å². The quantitative estimate of drug-likeness (QED) is 0.526. The van der Waals surface area contributed by atoms with Crippen molar-refractivity contribution in [3.63, 3.8) is 0 Å². The molecule has 164 valence electrons. The van der Waals surface area contributed by atoms with Crippen molar-refractivity contribution >= 4 is 23.4 Å². The van der Waals surface area contributed by atoms with Gasteiger partial charge in [-0.15, -0.1) is 10.2 Å². The topological polar surface area (TPSA) is 69.0 Å². The minimum atomic E-state index is -4.47.